The fourth-order valence-corrected chi connectivity index (χ4v) is 2.05. The van der Waals surface area contributed by atoms with Crippen LogP contribution in [-0.2, 0) is 16.2 Å². The average molecular weight is 334 g/mol. The van der Waals surface area contributed by atoms with Crippen molar-refractivity contribution in [1.82, 2.24) is 5.32 Å². The fraction of sp³-hybridized carbons (Fsp3) is 0.176. The number of hydrogen-bond donors (Lipinski definition) is 1. The van der Waals surface area contributed by atoms with E-state index in [1.54, 1.807) is 24.3 Å². The summed E-state index contributed by atoms with van der Waals surface area (Å²) in [6.45, 7) is -0.0731. The van der Waals surface area contributed by atoms with E-state index in [0.29, 0.717) is 11.1 Å². The summed E-state index contributed by atoms with van der Waals surface area (Å²) in [5, 5.41) is 6.19. The first-order valence-corrected chi connectivity index (χ1v) is 7.06. The number of rotatable bonds is 6. The standard InChI is InChI=1S/C17H16F2N2O3/c1-20-17(22)16(21-23-2)12-7-4-3-6-11(12)10-24-14-9-5-8-13(18)15(14)19/h3-9H,10H2,1-2H3,(H,20,22)/b21-16+. The van der Waals surface area contributed by atoms with Crippen LogP contribution in [0.15, 0.2) is 47.6 Å². The monoisotopic (exact) mass is 334 g/mol. The summed E-state index contributed by atoms with van der Waals surface area (Å²) in [5.74, 6) is -2.71. The van der Waals surface area contributed by atoms with E-state index in [4.69, 9.17) is 9.57 Å². The van der Waals surface area contributed by atoms with Crippen molar-refractivity contribution in [2.24, 2.45) is 5.16 Å². The molecular formula is C17H16F2N2O3. The topological polar surface area (TPSA) is 59.9 Å². The SMILES string of the molecule is CNC(=O)/C(=N/OC)c1ccccc1COc1cccc(F)c1F. The molecular weight excluding hydrogens is 318 g/mol. The van der Waals surface area contributed by atoms with Gasteiger partial charge in [-0.3, -0.25) is 4.79 Å². The van der Waals surface area contributed by atoms with Gasteiger partial charge in [0.25, 0.3) is 5.91 Å². The summed E-state index contributed by atoms with van der Waals surface area (Å²) in [6.07, 6.45) is 0. The molecule has 0 fully saturated rings. The van der Waals surface area contributed by atoms with Crippen LogP contribution in [0.25, 0.3) is 0 Å². The summed E-state index contributed by atoms with van der Waals surface area (Å²) in [6, 6.07) is 10.5. The molecule has 0 spiro atoms. The molecule has 2 rings (SSSR count). The molecule has 2 aromatic rings. The van der Waals surface area contributed by atoms with Gasteiger partial charge >= 0.3 is 0 Å². The van der Waals surface area contributed by atoms with E-state index >= 15 is 0 Å². The Morgan fingerprint density at radius 2 is 1.92 bits per heavy atom. The van der Waals surface area contributed by atoms with Crippen molar-refractivity contribution in [3.63, 3.8) is 0 Å². The molecule has 126 valence electrons. The molecule has 0 aliphatic carbocycles. The second kappa shape index (κ2) is 8.05. The van der Waals surface area contributed by atoms with Gasteiger partial charge in [0, 0.05) is 12.6 Å². The lowest BCUT2D eigenvalue weighted by Gasteiger charge is -2.12. The Balaban J connectivity index is 2.30. The number of amides is 1. The number of carbonyl (C=O) groups excluding carboxylic acids is 1. The van der Waals surface area contributed by atoms with Crippen molar-refractivity contribution in [2.75, 3.05) is 14.2 Å². The van der Waals surface area contributed by atoms with Crippen molar-refractivity contribution < 1.29 is 23.1 Å². The van der Waals surface area contributed by atoms with E-state index in [1.165, 1.54) is 26.3 Å². The Morgan fingerprint density at radius 1 is 1.17 bits per heavy atom. The van der Waals surface area contributed by atoms with E-state index in [2.05, 4.69) is 10.5 Å². The molecule has 0 unspecified atom stereocenters. The minimum absolute atomic E-state index is 0.0546. The molecule has 1 amide bonds. The predicted octanol–water partition coefficient (Wildman–Crippen LogP) is 2.64. The largest absolute Gasteiger partial charge is 0.486 e. The first-order chi connectivity index (χ1) is 11.6. The molecule has 1 N–H and O–H groups in total. The number of benzene rings is 2. The van der Waals surface area contributed by atoms with Crippen LogP contribution >= 0.6 is 0 Å². The molecule has 7 heteroatoms. The number of nitrogens with zero attached hydrogens (tertiary/aromatic N) is 1. The first-order valence-electron chi connectivity index (χ1n) is 7.06. The maximum absolute atomic E-state index is 13.7. The molecule has 0 radical (unpaired) electrons. The minimum atomic E-state index is -1.06. The summed E-state index contributed by atoms with van der Waals surface area (Å²) in [4.78, 5) is 16.7. The zero-order valence-corrected chi connectivity index (χ0v) is 13.2. The third-order valence-electron chi connectivity index (χ3n) is 3.20. The number of halogens is 2. The van der Waals surface area contributed by atoms with E-state index in [0.717, 1.165) is 6.07 Å². The highest BCUT2D eigenvalue weighted by Crippen LogP contribution is 2.21. The summed E-state index contributed by atoms with van der Waals surface area (Å²) >= 11 is 0. The number of likely N-dealkylation sites (N-methyl/N-ethyl adjacent to an activating group) is 1. The smallest absolute Gasteiger partial charge is 0.273 e. The molecule has 0 aromatic heterocycles. The van der Waals surface area contributed by atoms with Crippen LogP contribution in [0.2, 0.25) is 0 Å². The van der Waals surface area contributed by atoms with Gasteiger partial charge < -0.3 is 14.9 Å². The number of oxime groups is 1. The Kier molecular flexibility index (Phi) is 5.83. The van der Waals surface area contributed by atoms with Crippen LogP contribution < -0.4 is 10.1 Å². The quantitative estimate of drug-likeness (QED) is 0.653. The van der Waals surface area contributed by atoms with Crippen molar-refractivity contribution >= 4 is 11.6 Å². The minimum Gasteiger partial charge on any atom is -0.486 e. The van der Waals surface area contributed by atoms with E-state index in [1.807, 2.05) is 0 Å². The Labute approximate surface area is 137 Å². The average Bonchev–Trinajstić information content (AvgIpc) is 2.60. The van der Waals surface area contributed by atoms with Gasteiger partial charge in [0.1, 0.15) is 13.7 Å². The number of carbonyl (C=O) groups is 1. The third kappa shape index (κ3) is 3.87. The van der Waals surface area contributed by atoms with Crippen molar-refractivity contribution in [3.05, 3.63) is 65.2 Å². The molecule has 0 heterocycles. The van der Waals surface area contributed by atoms with Crippen LogP contribution in [0, 0.1) is 11.6 Å². The molecule has 0 aliphatic rings. The third-order valence-corrected chi connectivity index (χ3v) is 3.20. The van der Waals surface area contributed by atoms with Crippen LogP contribution in [0.3, 0.4) is 0 Å². The second-order valence-corrected chi connectivity index (χ2v) is 4.70. The van der Waals surface area contributed by atoms with Crippen LogP contribution in [0.4, 0.5) is 8.78 Å². The fourth-order valence-electron chi connectivity index (χ4n) is 2.05. The maximum Gasteiger partial charge on any atom is 0.273 e. The number of hydrogen-bond acceptors (Lipinski definition) is 4. The highest BCUT2D eigenvalue weighted by molar-refractivity contribution is 6.45. The molecule has 24 heavy (non-hydrogen) atoms. The Bertz CT molecular complexity index is 763. The van der Waals surface area contributed by atoms with Gasteiger partial charge in [-0.15, -0.1) is 0 Å². The first kappa shape index (κ1) is 17.4. The lowest BCUT2D eigenvalue weighted by atomic mass is 10.0. The highest BCUT2D eigenvalue weighted by atomic mass is 19.2. The lowest BCUT2D eigenvalue weighted by Crippen LogP contribution is -2.29. The molecule has 0 saturated carbocycles. The molecule has 0 bridgehead atoms. The Morgan fingerprint density at radius 3 is 2.62 bits per heavy atom. The zero-order valence-electron chi connectivity index (χ0n) is 13.2. The molecule has 2 aromatic carbocycles. The van der Waals surface area contributed by atoms with Gasteiger partial charge in [0.15, 0.2) is 17.3 Å². The summed E-state index contributed by atoms with van der Waals surface area (Å²) in [7, 11) is 2.79. The number of nitrogens with one attached hydrogen (secondary N) is 1. The summed E-state index contributed by atoms with van der Waals surface area (Å²) in [5.41, 5.74) is 1.09. The lowest BCUT2D eigenvalue weighted by molar-refractivity contribution is -0.114. The van der Waals surface area contributed by atoms with Gasteiger partial charge in [-0.2, -0.15) is 4.39 Å². The van der Waals surface area contributed by atoms with E-state index in [9.17, 15) is 13.6 Å². The van der Waals surface area contributed by atoms with Gasteiger partial charge in [-0.05, 0) is 17.7 Å². The van der Waals surface area contributed by atoms with Gasteiger partial charge in [0.05, 0.1) is 0 Å². The molecule has 0 atom stereocenters. The van der Waals surface area contributed by atoms with Crippen molar-refractivity contribution in [1.29, 1.82) is 0 Å². The van der Waals surface area contributed by atoms with Crippen LogP contribution in [0.1, 0.15) is 11.1 Å². The highest BCUT2D eigenvalue weighted by Gasteiger charge is 2.18. The van der Waals surface area contributed by atoms with Crippen LogP contribution in [-0.4, -0.2) is 25.8 Å². The van der Waals surface area contributed by atoms with E-state index < -0.39 is 17.5 Å². The van der Waals surface area contributed by atoms with Gasteiger partial charge in [-0.1, -0.05) is 35.5 Å². The molecule has 5 nitrogen and oxygen atoms in total. The normalized spacial score (nSPS) is 11.1. The van der Waals surface area contributed by atoms with Crippen LogP contribution in [0.5, 0.6) is 5.75 Å². The second-order valence-electron chi connectivity index (χ2n) is 4.70. The predicted molar refractivity (Wildman–Crippen MR) is 84.7 cm³/mol. The van der Waals surface area contributed by atoms with Gasteiger partial charge in [0.2, 0.25) is 5.82 Å². The van der Waals surface area contributed by atoms with E-state index in [-0.39, 0.29) is 18.1 Å². The Hall–Kier alpha value is -2.96. The molecule has 0 aliphatic heterocycles. The molecule has 0 saturated heterocycles. The van der Waals surface area contributed by atoms with Crippen molar-refractivity contribution in [2.45, 2.75) is 6.61 Å². The summed E-state index contributed by atoms with van der Waals surface area (Å²) < 4.78 is 32.2. The zero-order chi connectivity index (χ0) is 17.5. The van der Waals surface area contributed by atoms with Crippen molar-refractivity contribution in [3.8, 4) is 5.75 Å². The van der Waals surface area contributed by atoms with Gasteiger partial charge in [-0.25, -0.2) is 4.39 Å². The number of ether oxygens (including phenoxy) is 1. The maximum atomic E-state index is 13.7.